The summed E-state index contributed by atoms with van der Waals surface area (Å²) in [6.07, 6.45) is 0.352. The molecule has 38 heavy (non-hydrogen) atoms. The van der Waals surface area contributed by atoms with Crippen LogP contribution in [-0.2, 0) is 9.53 Å². The van der Waals surface area contributed by atoms with Crippen LogP contribution in [0, 0.1) is 0 Å². The van der Waals surface area contributed by atoms with Gasteiger partial charge < -0.3 is 19.9 Å². The highest BCUT2D eigenvalue weighted by Crippen LogP contribution is 2.30. The highest BCUT2D eigenvalue weighted by molar-refractivity contribution is 5.94. The summed E-state index contributed by atoms with van der Waals surface area (Å²) in [5, 5.41) is 18.0. The average molecular weight is 512 g/mol. The van der Waals surface area contributed by atoms with Crippen LogP contribution in [0.3, 0.4) is 0 Å². The second kappa shape index (κ2) is 9.81. The van der Waals surface area contributed by atoms with E-state index in [-0.39, 0.29) is 6.61 Å². The van der Waals surface area contributed by atoms with Gasteiger partial charge in [0.25, 0.3) is 0 Å². The second-order valence-electron chi connectivity index (χ2n) is 9.55. The zero-order valence-electron chi connectivity index (χ0n) is 21.0. The molecule has 0 unspecified atom stereocenters. The van der Waals surface area contributed by atoms with E-state index in [4.69, 9.17) is 19.4 Å². The molecule has 10 heteroatoms. The lowest BCUT2D eigenvalue weighted by atomic mass is 10.1. The Morgan fingerprint density at radius 2 is 1.82 bits per heavy atom. The number of fused-ring (bicyclic) bond motifs is 2. The lowest BCUT2D eigenvalue weighted by molar-refractivity contribution is -0.157. The van der Waals surface area contributed by atoms with Crippen molar-refractivity contribution in [2.24, 2.45) is 0 Å². The molecule has 0 fully saturated rings. The van der Waals surface area contributed by atoms with Crippen molar-refractivity contribution in [2.45, 2.75) is 26.4 Å². The monoisotopic (exact) mass is 511 g/mol. The van der Waals surface area contributed by atoms with Crippen LogP contribution < -0.4 is 10.1 Å². The number of anilines is 2. The number of nitrogens with zero attached hydrogens (tertiary/aromatic N) is 4. The number of esters is 1. The van der Waals surface area contributed by atoms with E-state index in [1.807, 2.05) is 36.4 Å². The second-order valence-corrected chi connectivity index (χ2v) is 9.55. The van der Waals surface area contributed by atoms with Gasteiger partial charge in [0.15, 0.2) is 12.4 Å². The van der Waals surface area contributed by atoms with E-state index in [1.54, 1.807) is 51.1 Å². The lowest BCUT2D eigenvalue weighted by Gasteiger charge is -2.19. The number of nitrogens with one attached hydrogen (secondary N) is 1. The van der Waals surface area contributed by atoms with Crippen LogP contribution in [0.2, 0.25) is 0 Å². The van der Waals surface area contributed by atoms with Gasteiger partial charge in [0.2, 0.25) is 0 Å². The maximum absolute atomic E-state index is 12.1. The number of benzene rings is 3. The minimum atomic E-state index is -1.15. The summed E-state index contributed by atoms with van der Waals surface area (Å²) >= 11 is 0. The molecule has 192 valence electrons. The molecule has 5 rings (SSSR count). The van der Waals surface area contributed by atoms with Gasteiger partial charge in [0.1, 0.15) is 17.2 Å². The van der Waals surface area contributed by atoms with Crippen molar-refractivity contribution in [1.29, 1.82) is 0 Å². The predicted molar refractivity (Wildman–Crippen MR) is 143 cm³/mol. The van der Waals surface area contributed by atoms with Crippen molar-refractivity contribution >= 4 is 45.4 Å². The fraction of sp³-hybridized carbons (Fsp3) is 0.179. The Kier molecular flexibility index (Phi) is 6.38. The van der Waals surface area contributed by atoms with Crippen LogP contribution in [0.5, 0.6) is 5.75 Å². The van der Waals surface area contributed by atoms with Crippen molar-refractivity contribution in [1.82, 2.24) is 19.7 Å². The largest absolute Gasteiger partial charge is 0.482 e. The van der Waals surface area contributed by atoms with Crippen LogP contribution in [0.4, 0.5) is 16.3 Å². The van der Waals surface area contributed by atoms with Crippen LogP contribution in [0.1, 0.15) is 20.8 Å². The van der Waals surface area contributed by atoms with Gasteiger partial charge in [-0.25, -0.2) is 19.6 Å². The molecule has 0 aliphatic carbocycles. The molecule has 2 heterocycles. The Labute approximate surface area is 217 Å². The van der Waals surface area contributed by atoms with Crippen molar-refractivity contribution in [3.8, 4) is 17.1 Å². The van der Waals surface area contributed by atoms with Gasteiger partial charge in [-0.05, 0) is 63.2 Å². The molecule has 0 aliphatic heterocycles. The number of hydrogen-bond donors (Lipinski definition) is 2. The maximum Gasteiger partial charge on any atom is 0.432 e. The molecule has 2 N–H and O–H groups in total. The lowest BCUT2D eigenvalue weighted by Crippen LogP contribution is -2.27. The first-order valence-electron chi connectivity index (χ1n) is 11.9. The normalized spacial score (nSPS) is 11.4. The van der Waals surface area contributed by atoms with E-state index < -0.39 is 17.7 Å². The van der Waals surface area contributed by atoms with Gasteiger partial charge in [-0.1, -0.05) is 24.3 Å². The minimum Gasteiger partial charge on any atom is -0.482 e. The molecule has 0 radical (unpaired) electrons. The van der Waals surface area contributed by atoms with Crippen LogP contribution in [0.25, 0.3) is 33.2 Å². The first-order valence-corrected chi connectivity index (χ1v) is 11.9. The first-order chi connectivity index (χ1) is 18.2. The van der Waals surface area contributed by atoms with E-state index >= 15 is 0 Å². The van der Waals surface area contributed by atoms with Crippen molar-refractivity contribution < 1.29 is 24.2 Å². The van der Waals surface area contributed by atoms with Gasteiger partial charge in [-0.15, -0.1) is 0 Å². The quantitative estimate of drug-likeness (QED) is 0.278. The Morgan fingerprint density at radius 1 is 1.00 bits per heavy atom. The molecule has 0 aliphatic rings. The smallest absolute Gasteiger partial charge is 0.432 e. The first kappa shape index (κ1) is 24.7. The summed E-state index contributed by atoms with van der Waals surface area (Å²) in [5.41, 5.74) is 2.05. The summed E-state index contributed by atoms with van der Waals surface area (Å²) in [5.74, 6) is 1.08. The molecule has 0 atom stereocenters. The molecular formula is C28H25N5O5. The molecule has 0 amide bonds. The van der Waals surface area contributed by atoms with Gasteiger partial charge in [-0.3, -0.25) is 0 Å². The number of ether oxygens (including phenoxy) is 2. The van der Waals surface area contributed by atoms with Crippen LogP contribution in [-0.4, -0.2) is 49.1 Å². The van der Waals surface area contributed by atoms with Gasteiger partial charge in [0.05, 0.1) is 17.2 Å². The summed E-state index contributed by atoms with van der Waals surface area (Å²) < 4.78 is 11.9. The van der Waals surface area contributed by atoms with Crippen LogP contribution in [0.15, 0.2) is 72.9 Å². The third-order valence-electron chi connectivity index (χ3n) is 5.48. The molecule has 0 saturated carbocycles. The number of carboxylic acid groups (broad SMARTS) is 1. The van der Waals surface area contributed by atoms with Crippen molar-refractivity contribution in [3.05, 3.63) is 72.9 Å². The standard InChI is InChI=1S/C28H25N5O5/c1-28(2,3)38-24(34)16-37-20-8-6-7-17(14-20)25-31-22-10-5-4-9-21(22)26(32-25)30-19-11-12-23-18(13-19)15-29-33(23)27(35)36/h4-15H,16H2,1-3H3,(H,35,36)(H,30,31,32). The zero-order chi connectivity index (χ0) is 26.9. The highest BCUT2D eigenvalue weighted by Gasteiger charge is 2.17. The number of carbonyl (C=O) groups is 2. The van der Waals surface area contributed by atoms with Crippen LogP contribution >= 0.6 is 0 Å². The van der Waals surface area contributed by atoms with E-state index in [0.717, 1.165) is 15.6 Å². The van der Waals surface area contributed by atoms with Gasteiger partial charge >= 0.3 is 12.1 Å². The van der Waals surface area contributed by atoms with E-state index in [0.29, 0.717) is 39.5 Å². The topological polar surface area (TPSA) is 128 Å². The fourth-order valence-corrected chi connectivity index (χ4v) is 3.94. The van der Waals surface area contributed by atoms with Crippen molar-refractivity contribution in [3.63, 3.8) is 0 Å². The summed E-state index contributed by atoms with van der Waals surface area (Å²) in [7, 11) is 0. The van der Waals surface area contributed by atoms with E-state index in [2.05, 4.69) is 10.4 Å². The summed E-state index contributed by atoms with van der Waals surface area (Å²) in [6.45, 7) is 5.19. The number of carbonyl (C=O) groups excluding carboxylic acids is 1. The van der Waals surface area contributed by atoms with E-state index in [1.165, 1.54) is 6.20 Å². The Morgan fingerprint density at radius 3 is 2.61 bits per heavy atom. The third-order valence-corrected chi connectivity index (χ3v) is 5.48. The fourth-order valence-electron chi connectivity index (χ4n) is 3.94. The molecule has 0 saturated heterocycles. The number of aromatic nitrogens is 4. The van der Waals surface area contributed by atoms with Gasteiger partial charge in [-0.2, -0.15) is 9.78 Å². The summed E-state index contributed by atoms with van der Waals surface area (Å²) in [6, 6.07) is 20.1. The molecule has 3 aromatic carbocycles. The number of para-hydroxylation sites is 1. The molecule has 0 bridgehead atoms. The highest BCUT2D eigenvalue weighted by atomic mass is 16.6. The number of rotatable bonds is 6. The average Bonchev–Trinajstić information content (AvgIpc) is 3.30. The SMILES string of the molecule is CC(C)(C)OC(=O)COc1cccc(-c2nc(Nc3ccc4c(cnn4C(=O)O)c3)c3ccccc3n2)c1. The Balaban J connectivity index is 1.45. The molecular weight excluding hydrogens is 486 g/mol. The Bertz CT molecular complexity index is 1670. The molecule has 0 spiro atoms. The minimum absolute atomic E-state index is 0.215. The summed E-state index contributed by atoms with van der Waals surface area (Å²) in [4.78, 5) is 32.9. The third kappa shape index (κ3) is 5.39. The Hall–Kier alpha value is -4.99. The van der Waals surface area contributed by atoms with Crippen molar-refractivity contribution in [2.75, 3.05) is 11.9 Å². The maximum atomic E-state index is 12.1. The predicted octanol–water partition coefficient (Wildman–Crippen LogP) is 5.64. The molecule has 5 aromatic rings. The zero-order valence-corrected chi connectivity index (χ0v) is 21.0. The molecule has 10 nitrogen and oxygen atoms in total. The van der Waals surface area contributed by atoms with Gasteiger partial charge in [0, 0.05) is 22.0 Å². The van der Waals surface area contributed by atoms with E-state index in [9.17, 15) is 14.7 Å². The number of hydrogen-bond acceptors (Lipinski definition) is 8. The molecule has 2 aromatic heterocycles.